The SMILES string of the molecule is Cc1nc2c(c(N(C)C)n1)CNC2. The molecular formula is C9H14N4. The molecule has 0 atom stereocenters. The number of hydrogen-bond donors (Lipinski definition) is 1. The molecule has 0 saturated heterocycles. The van der Waals surface area contributed by atoms with Crippen molar-refractivity contribution in [1.82, 2.24) is 15.3 Å². The number of fused-ring (bicyclic) bond motifs is 1. The summed E-state index contributed by atoms with van der Waals surface area (Å²) in [6, 6.07) is 0. The van der Waals surface area contributed by atoms with Gasteiger partial charge in [0.2, 0.25) is 0 Å². The van der Waals surface area contributed by atoms with Gasteiger partial charge in [0.15, 0.2) is 0 Å². The Morgan fingerprint density at radius 2 is 2.00 bits per heavy atom. The average molecular weight is 178 g/mol. The van der Waals surface area contributed by atoms with Gasteiger partial charge in [0.05, 0.1) is 5.69 Å². The molecule has 4 nitrogen and oxygen atoms in total. The van der Waals surface area contributed by atoms with E-state index in [9.17, 15) is 0 Å². The van der Waals surface area contributed by atoms with Crippen LogP contribution in [0.15, 0.2) is 0 Å². The monoisotopic (exact) mass is 178 g/mol. The van der Waals surface area contributed by atoms with Gasteiger partial charge < -0.3 is 10.2 Å². The zero-order valence-corrected chi connectivity index (χ0v) is 8.26. The lowest BCUT2D eigenvalue weighted by molar-refractivity contribution is 0.756. The Morgan fingerprint density at radius 1 is 1.23 bits per heavy atom. The van der Waals surface area contributed by atoms with Crippen LogP contribution in [0.5, 0.6) is 0 Å². The molecule has 1 N–H and O–H groups in total. The smallest absolute Gasteiger partial charge is 0.136 e. The van der Waals surface area contributed by atoms with Crippen molar-refractivity contribution in [2.45, 2.75) is 20.0 Å². The van der Waals surface area contributed by atoms with E-state index in [1.165, 1.54) is 5.56 Å². The van der Waals surface area contributed by atoms with Gasteiger partial charge in [-0.05, 0) is 6.92 Å². The van der Waals surface area contributed by atoms with Gasteiger partial charge in [0.1, 0.15) is 11.6 Å². The van der Waals surface area contributed by atoms with Gasteiger partial charge in [-0.1, -0.05) is 0 Å². The second kappa shape index (κ2) is 2.96. The van der Waals surface area contributed by atoms with Crippen molar-refractivity contribution in [3.63, 3.8) is 0 Å². The minimum atomic E-state index is 0.853. The Morgan fingerprint density at radius 3 is 2.69 bits per heavy atom. The van der Waals surface area contributed by atoms with Gasteiger partial charge >= 0.3 is 0 Å². The number of aromatic nitrogens is 2. The fraction of sp³-hybridized carbons (Fsp3) is 0.556. The Balaban J connectivity index is 2.55. The molecule has 0 radical (unpaired) electrons. The highest BCUT2D eigenvalue weighted by atomic mass is 15.2. The van der Waals surface area contributed by atoms with E-state index in [1.54, 1.807) is 0 Å². The van der Waals surface area contributed by atoms with Crippen LogP contribution in [0.4, 0.5) is 5.82 Å². The standard InChI is InChI=1S/C9H14N4/c1-6-11-8-5-10-4-7(8)9(12-6)13(2)3/h10H,4-5H2,1-3H3. The third kappa shape index (κ3) is 1.37. The zero-order chi connectivity index (χ0) is 9.42. The van der Waals surface area contributed by atoms with Crippen LogP contribution in [0.2, 0.25) is 0 Å². The Bertz CT molecular complexity index is 333. The van der Waals surface area contributed by atoms with Crippen molar-refractivity contribution >= 4 is 5.82 Å². The molecule has 0 unspecified atom stereocenters. The fourth-order valence-electron chi connectivity index (χ4n) is 1.64. The molecule has 1 aromatic rings. The molecule has 70 valence electrons. The molecular weight excluding hydrogens is 164 g/mol. The lowest BCUT2D eigenvalue weighted by Gasteiger charge is -2.15. The lowest BCUT2D eigenvalue weighted by atomic mass is 10.2. The summed E-state index contributed by atoms with van der Waals surface area (Å²) in [6.45, 7) is 3.70. The quantitative estimate of drug-likeness (QED) is 0.678. The molecule has 0 aromatic carbocycles. The largest absolute Gasteiger partial charge is 0.362 e. The normalized spacial score (nSPS) is 14.4. The highest BCUT2D eigenvalue weighted by Crippen LogP contribution is 2.22. The summed E-state index contributed by atoms with van der Waals surface area (Å²) < 4.78 is 0. The number of hydrogen-bond acceptors (Lipinski definition) is 4. The van der Waals surface area contributed by atoms with Crippen molar-refractivity contribution < 1.29 is 0 Å². The molecule has 1 aromatic heterocycles. The fourth-order valence-corrected chi connectivity index (χ4v) is 1.64. The maximum Gasteiger partial charge on any atom is 0.136 e. The predicted molar refractivity (Wildman–Crippen MR) is 51.6 cm³/mol. The highest BCUT2D eigenvalue weighted by molar-refractivity contribution is 5.49. The molecule has 1 aliphatic heterocycles. The number of nitrogens with zero attached hydrogens (tertiary/aromatic N) is 3. The lowest BCUT2D eigenvalue weighted by Crippen LogP contribution is -2.15. The van der Waals surface area contributed by atoms with Crippen LogP contribution >= 0.6 is 0 Å². The van der Waals surface area contributed by atoms with Gasteiger partial charge in [0, 0.05) is 32.7 Å². The van der Waals surface area contributed by atoms with Crippen molar-refractivity contribution in [3.8, 4) is 0 Å². The number of aryl methyl sites for hydroxylation is 1. The van der Waals surface area contributed by atoms with E-state index in [2.05, 4.69) is 15.3 Å². The third-order valence-electron chi connectivity index (χ3n) is 2.20. The topological polar surface area (TPSA) is 41.1 Å². The minimum absolute atomic E-state index is 0.853. The van der Waals surface area contributed by atoms with E-state index in [1.807, 2.05) is 25.9 Å². The molecule has 2 heterocycles. The van der Waals surface area contributed by atoms with Crippen LogP contribution in [0, 0.1) is 6.92 Å². The van der Waals surface area contributed by atoms with E-state index in [-0.39, 0.29) is 0 Å². The zero-order valence-electron chi connectivity index (χ0n) is 8.26. The Kier molecular flexibility index (Phi) is 1.92. The molecule has 0 spiro atoms. The van der Waals surface area contributed by atoms with E-state index in [0.717, 1.165) is 30.4 Å². The molecule has 4 heteroatoms. The van der Waals surface area contributed by atoms with Gasteiger partial charge in [-0.15, -0.1) is 0 Å². The summed E-state index contributed by atoms with van der Waals surface area (Å²) in [7, 11) is 4.03. The summed E-state index contributed by atoms with van der Waals surface area (Å²) in [5.41, 5.74) is 2.40. The van der Waals surface area contributed by atoms with Crippen LogP contribution < -0.4 is 10.2 Å². The first-order valence-corrected chi connectivity index (χ1v) is 4.43. The van der Waals surface area contributed by atoms with E-state index in [4.69, 9.17) is 0 Å². The summed E-state index contributed by atoms with van der Waals surface area (Å²) in [4.78, 5) is 10.9. The van der Waals surface area contributed by atoms with Crippen LogP contribution in [-0.4, -0.2) is 24.1 Å². The van der Waals surface area contributed by atoms with E-state index in [0.29, 0.717) is 0 Å². The first-order chi connectivity index (χ1) is 6.18. The first-order valence-electron chi connectivity index (χ1n) is 4.43. The number of nitrogens with one attached hydrogen (secondary N) is 1. The van der Waals surface area contributed by atoms with Crippen LogP contribution in [0.1, 0.15) is 17.1 Å². The summed E-state index contributed by atoms with van der Waals surface area (Å²) in [6.07, 6.45) is 0. The molecule has 0 saturated carbocycles. The summed E-state index contributed by atoms with van der Waals surface area (Å²) in [5.74, 6) is 1.90. The van der Waals surface area contributed by atoms with Crippen molar-refractivity contribution in [3.05, 3.63) is 17.1 Å². The van der Waals surface area contributed by atoms with Crippen LogP contribution in [0.25, 0.3) is 0 Å². The molecule has 2 rings (SSSR count). The molecule has 1 aliphatic rings. The average Bonchev–Trinajstić information content (AvgIpc) is 2.49. The second-order valence-electron chi connectivity index (χ2n) is 3.52. The van der Waals surface area contributed by atoms with Gasteiger partial charge in [-0.25, -0.2) is 9.97 Å². The van der Waals surface area contributed by atoms with Crippen molar-refractivity contribution in [1.29, 1.82) is 0 Å². The summed E-state index contributed by atoms with van der Waals surface area (Å²) >= 11 is 0. The maximum absolute atomic E-state index is 4.42. The highest BCUT2D eigenvalue weighted by Gasteiger charge is 2.18. The van der Waals surface area contributed by atoms with Crippen LogP contribution in [-0.2, 0) is 13.1 Å². The Hall–Kier alpha value is -1.16. The van der Waals surface area contributed by atoms with E-state index >= 15 is 0 Å². The maximum atomic E-state index is 4.42. The molecule has 13 heavy (non-hydrogen) atoms. The van der Waals surface area contributed by atoms with E-state index < -0.39 is 0 Å². The first kappa shape index (κ1) is 8.44. The second-order valence-corrected chi connectivity index (χ2v) is 3.52. The number of rotatable bonds is 1. The number of anilines is 1. The van der Waals surface area contributed by atoms with Crippen LogP contribution in [0.3, 0.4) is 0 Å². The molecule has 0 amide bonds. The van der Waals surface area contributed by atoms with Gasteiger partial charge in [-0.3, -0.25) is 0 Å². The van der Waals surface area contributed by atoms with Gasteiger partial charge in [0.25, 0.3) is 0 Å². The molecule has 0 bridgehead atoms. The minimum Gasteiger partial charge on any atom is -0.362 e. The predicted octanol–water partition coefficient (Wildman–Crippen LogP) is 0.454. The third-order valence-corrected chi connectivity index (χ3v) is 2.20. The van der Waals surface area contributed by atoms with Crippen molar-refractivity contribution in [2.24, 2.45) is 0 Å². The molecule has 0 aliphatic carbocycles. The molecule has 0 fully saturated rings. The summed E-state index contributed by atoms with van der Waals surface area (Å²) in [5, 5.41) is 3.28. The van der Waals surface area contributed by atoms with Crippen molar-refractivity contribution in [2.75, 3.05) is 19.0 Å². The van der Waals surface area contributed by atoms with Gasteiger partial charge in [-0.2, -0.15) is 0 Å². The Labute approximate surface area is 78.0 Å².